The average molecular weight is 598 g/mol. The van der Waals surface area contributed by atoms with Crippen molar-refractivity contribution in [1.29, 1.82) is 0 Å². The van der Waals surface area contributed by atoms with E-state index in [2.05, 4.69) is 16.8 Å². The molecule has 0 aliphatic carbocycles. The number of ether oxygens (including phenoxy) is 3. The first-order chi connectivity index (χ1) is 17.7. The van der Waals surface area contributed by atoms with E-state index in [4.69, 9.17) is 14.2 Å². The minimum Gasteiger partial charge on any atom is -0.790 e. The van der Waals surface area contributed by atoms with Crippen LogP contribution < -0.4 is 74.2 Å². The number of phosphoric acid groups is 1. The van der Waals surface area contributed by atoms with Crippen LogP contribution in [0.2, 0.25) is 0 Å². The molecule has 0 aliphatic rings. The second kappa shape index (κ2) is 31.9. The van der Waals surface area contributed by atoms with Gasteiger partial charge in [0.2, 0.25) is 5.91 Å². The minimum atomic E-state index is -5.18. The van der Waals surface area contributed by atoms with Crippen molar-refractivity contribution < 1.29 is 102 Å². The number of phosphoric ester groups is 1. The van der Waals surface area contributed by atoms with Crippen molar-refractivity contribution in [2.24, 2.45) is 0 Å². The summed E-state index contributed by atoms with van der Waals surface area (Å²) in [5, 5.41) is 2.79. The van der Waals surface area contributed by atoms with E-state index in [-0.39, 0.29) is 84.8 Å². The van der Waals surface area contributed by atoms with Gasteiger partial charge < -0.3 is 38.4 Å². The van der Waals surface area contributed by atoms with E-state index < -0.39 is 26.5 Å². The maximum absolute atomic E-state index is 12.1. The SMILES string of the molecule is CCCCCCCCCCC(=O)O[C@H](COCOCCCCCCCCCNC(C)=O)COP(=O)([O-])[O-].[Na+].[Na+]. The molecule has 0 saturated carbocycles. The van der Waals surface area contributed by atoms with Crippen LogP contribution in [0.25, 0.3) is 0 Å². The third-order valence-electron chi connectivity index (χ3n) is 5.76. The molecule has 1 amide bonds. The van der Waals surface area contributed by atoms with Crippen LogP contribution in [0.1, 0.15) is 117 Å². The summed E-state index contributed by atoms with van der Waals surface area (Å²) >= 11 is 0. The molecule has 39 heavy (non-hydrogen) atoms. The molecule has 0 heterocycles. The predicted octanol–water partition coefficient (Wildman–Crippen LogP) is -1.86. The number of carbonyl (C=O) groups is 2. The maximum Gasteiger partial charge on any atom is 1.00 e. The van der Waals surface area contributed by atoms with Crippen LogP contribution in [0.5, 0.6) is 0 Å². The Labute approximate surface area is 280 Å². The minimum absolute atomic E-state index is 0. The van der Waals surface area contributed by atoms with Crippen molar-refractivity contribution in [2.75, 3.05) is 33.2 Å². The number of rotatable bonds is 27. The van der Waals surface area contributed by atoms with Crippen LogP contribution in [-0.4, -0.2) is 51.1 Å². The van der Waals surface area contributed by atoms with Gasteiger partial charge in [-0.3, -0.25) is 9.59 Å². The van der Waals surface area contributed by atoms with E-state index in [1.807, 2.05) is 0 Å². The number of carbonyl (C=O) groups excluding carboxylic acids is 2. The Morgan fingerprint density at radius 2 is 1.31 bits per heavy atom. The van der Waals surface area contributed by atoms with Gasteiger partial charge in [0, 0.05) is 26.5 Å². The Kier molecular flexibility index (Phi) is 36.3. The maximum atomic E-state index is 12.1. The zero-order valence-electron chi connectivity index (χ0n) is 25.0. The van der Waals surface area contributed by atoms with Crippen molar-refractivity contribution in [1.82, 2.24) is 5.32 Å². The Hall–Kier alpha value is 0.970. The molecular weight excluding hydrogens is 547 g/mol. The molecule has 0 fully saturated rings. The summed E-state index contributed by atoms with van der Waals surface area (Å²) in [6.45, 7) is 4.25. The molecule has 10 nitrogen and oxygen atoms in total. The Morgan fingerprint density at radius 1 is 0.769 bits per heavy atom. The molecule has 1 N–H and O–H groups in total. The number of hydrogen-bond acceptors (Lipinski definition) is 9. The van der Waals surface area contributed by atoms with Crippen LogP contribution in [0, 0.1) is 0 Å². The molecule has 13 heteroatoms. The fraction of sp³-hybridized carbons (Fsp3) is 0.923. The molecule has 0 radical (unpaired) electrons. The van der Waals surface area contributed by atoms with E-state index in [9.17, 15) is 23.9 Å². The van der Waals surface area contributed by atoms with Gasteiger partial charge in [-0.25, -0.2) is 0 Å². The second-order valence-electron chi connectivity index (χ2n) is 9.43. The summed E-state index contributed by atoms with van der Waals surface area (Å²) in [5.41, 5.74) is 0. The van der Waals surface area contributed by atoms with E-state index in [0.29, 0.717) is 13.0 Å². The van der Waals surface area contributed by atoms with E-state index in [0.717, 1.165) is 70.8 Å². The van der Waals surface area contributed by atoms with Crippen LogP contribution in [-0.2, 0) is 32.9 Å². The summed E-state index contributed by atoms with van der Waals surface area (Å²) in [5.74, 6) is -0.454. The summed E-state index contributed by atoms with van der Waals surface area (Å²) in [6, 6.07) is 0. The average Bonchev–Trinajstić information content (AvgIpc) is 2.83. The fourth-order valence-corrected chi connectivity index (χ4v) is 4.06. The zero-order chi connectivity index (χ0) is 27.6. The first kappa shape index (κ1) is 44.4. The Morgan fingerprint density at radius 3 is 1.87 bits per heavy atom. The molecule has 0 aromatic heterocycles. The third kappa shape index (κ3) is 36.9. The Bertz CT molecular complexity index is 612. The van der Waals surface area contributed by atoms with Gasteiger partial charge in [0.25, 0.3) is 0 Å². The first-order valence-electron chi connectivity index (χ1n) is 14.0. The van der Waals surface area contributed by atoms with Gasteiger partial charge in [-0.05, 0) is 19.3 Å². The molecule has 0 saturated heterocycles. The van der Waals surface area contributed by atoms with Crippen LogP contribution in [0.4, 0.5) is 0 Å². The predicted molar refractivity (Wildman–Crippen MR) is 138 cm³/mol. The number of amides is 1. The summed E-state index contributed by atoms with van der Waals surface area (Å²) in [7, 11) is -5.18. The first-order valence-corrected chi connectivity index (χ1v) is 15.5. The van der Waals surface area contributed by atoms with Gasteiger partial charge in [0.15, 0.2) is 0 Å². The van der Waals surface area contributed by atoms with Gasteiger partial charge in [-0.2, -0.15) is 0 Å². The number of hydrogen-bond donors (Lipinski definition) is 1. The van der Waals surface area contributed by atoms with Crippen LogP contribution >= 0.6 is 7.82 Å². The van der Waals surface area contributed by atoms with Crippen molar-refractivity contribution in [3.8, 4) is 0 Å². The Balaban J connectivity index is -0.00000648. The van der Waals surface area contributed by atoms with Crippen molar-refractivity contribution >= 4 is 19.7 Å². The molecule has 0 unspecified atom stereocenters. The van der Waals surface area contributed by atoms with E-state index >= 15 is 0 Å². The number of nitrogens with one attached hydrogen (secondary N) is 1. The fourth-order valence-electron chi connectivity index (χ4n) is 3.71. The third-order valence-corrected chi connectivity index (χ3v) is 6.23. The zero-order valence-corrected chi connectivity index (χ0v) is 29.9. The molecule has 0 aromatic carbocycles. The molecule has 0 spiro atoms. The smallest absolute Gasteiger partial charge is 0.790 e. The van der Waals surface area contributed by atoms with Crippen LogP contribution in [0.15, 0.2) is 0 Å². The van der Waals surface area contributed by atoms with E-state index in [1.165, 1.54) is 32.6 Å². The van der Waals surface area contributed by atoms with Gasteiger partial charge >= 0.3 is 65.1 Å². The summed E-state index contributed by atoms with van der Waals surface area (Å²) < 4.78 is 31.1. The van der Waals surface area contributed by atoms with Crippen molar-refractivity contribution in [3.05, 3.63) is 0 Å². The molecule has 0 aliphatic heterocycles. The quantitative estimate of drug-likeness (QED) is 0.0379. The summed E-state index contributed by atoms with van der Waals surface area (Å²) in [6.07, 6.45) is 15.5. The number of unbranched alkanes of at least 4 members (excludes halogenated alkanes) is 13. The van der Waals surface area contributed by atoms with Gasteiger partial charge in [0.05, 0.1) is 21.0 Å². The van der Waals surface area contributed by atoms with Gasteiger partial charge in [-0.15, -0.1) is 0 Å². The molecule has 0 rings (SSSR count). The molecule has 220 valence electrons. The molecular formula is C26H50NNa2O9P. The topological polar surface area (TPSA) is 146 Å². The molecule has 0 bridgehead atoms. The second-order valence-corrected chi connectivity index (χ2v) is 10.6. The van der Waals surface area contributed by atoms with Crippen molar-refractivity contribution in [2.45, 2.75) is 123 Å². The van der Waals surface area contributed by atoms with E-state index in [1.54, 1.807) is 0 Å². The summed E-state index contributed by atoms with van der Waals surface area (Å²) in [4.78, 5) is 44.5. The van der Waals surface area contributed by atoms with Crippen molar-refractivity contribution in [3.63, 3.8) is 0 Å². The monoisotopic (exact) mass is 597 g/mol. The van der Waals surface area contributed by atoms with Gasteiger partial charge in [-0.1, -0.05) is 84.0 Å². The van der Waals surface area contributed by atoms with Gasteiger partial charge in [0.1, 0.15) is 12.9 Å². The molecule has 1 atom stereocenters. The standard InChI is InChI=1S/C26H52NO9P.2Na/c1-3-4-5-6-7-9-12-15-18-26(29)36-25(22-35-37(30,31)32)21-34-23-33-20-17-14-11-8-10-13-16-19-27-24(2)28;;/h25H,3-23H2,1-2H3,(H,27,28)(H2,30,31,32);;/q;2*+1/p-2/t25-;;/m1../s1. The normalized spacial score (nSPS) is 11.8. The number of esters is 1. The largest absolute Gasteiger partial charge is 1.00 e. The van der Waals surface area contributed by atoms with Crippen LogP contribution in [0.3, 0.4) is 0 Å². The molecule has 0 aromatic rings.